The van der Waals surface area contributed by atoms with E-state index in [0.29, 0.717) is 11.4 Å². The number of morpholine rings is 1. The van der Waals surface area contributed by atoms with Crippen molar-refractivity contribution in [2.45, 2.75) is 55.5 Å². The Morgan fingerprint density at radius 2 is 1.90 bits per heavy atom. The van der Waals surface area contributed by atoms with Crippen LogP contribution in [0.15, 0.2) is 18.5 Å². The number of aromatic nitrogens is 3. The van der Waals surface area contributed by atoms with Crippen LogP contribution in [0.3, 0.4) is 0 Å². The van der Waals surface area contributed by atoms with E-state index in [0.717, 1.165) is 81.1 Å². The maximum atomic E-state index is 9.86. The second-order valence-electron chi connectivity index (χ2n) is 9.52. The zero-order chi connectivity index (χ0) is 19.9. The summed E-state index contributed by atoms with van der Waals surface area (Å²) >= 11 is 0. The van der Waals surface area contributed by atoms with Crippen molar-refractivity contribution in [2.75, 3.05) is 32.0 Å². The minimum absolute atomic E-state index is 0.127. The first-order chi connectivity index (χ1) is 14.0. The molecule has 2 bridgehead atoms. The predicted octanol–water partition coefficient (Wildman–Crippen LogP) is 2.35. The number of anilines is 1. The van der Waals surface area contributed by atoms with E-state index >= 15 is 0 Å². The lowest BCUT2D eigenvalue weighted by atomic mass is 9.43. The van der Waals surface area contributed by atoms with Gasteiger partial charge in [-0.15, -0.1) is 0 Å². The summed E-state index contributed by atoms with van der Waals surface area (Å²) in [6, 6.07) is 4.60. The molecule has 5 fully saturated rings. The fourth-order valence-corrected chi connectivity index (χ4v) is 5.77. The molecule has 2 aromatic rings. The molecular formula is C22H26N6O. The number of hydrogen-bond donors (Lipinski definition) is 1. The Bertz CT molecular complexity index is 1020. The quantitative estimate of drug-likeness (QED) is 0.861. The van der Waals surface area contributed by atoms with Crippen LogP contribution in [-0.2, 0) is 15.7 Å². The van der Waals surface area contributed by atoms with Crippen LogP contribution in [0.5, 0.6) is 0 Å². The van der Waals surface area contributed by atoms with Gasteiger partial charge in [-0.3, -0.25) is 4.90 Å². The molecular weight excluding hydrogens is 364 g/mol. The molecule has 4 aliphatic carbocycles. The number of ether oxygens (including phenoxy) is 1. The van der Waals surface area contributed by atoms with Crippen LogP contribution in [0.1, 0.15) is 43.5 Å². The van der Waals surface area contributed by atoms with Gasteiger partial charge in [0.1, 0.15) is 17.1 Å². The average Bonchev–Trinajstić information content (AvgIpc) is 3.35. The molecule has 7 heteroatoms. The number of nitrogens with zero attached hydrogens (tertiary/aromatic N) is 5. The number of imidazole rings is 1. The van der Waals surface area contributed by atoms with Crippen LogP contribution in [0.2, 0.25) is 0 Å². The first-order valence-electron chi connectivity index (χ1n) is 10.6. The van der Waals surface area contributed by atoms with Crippen molar-refractivity contribution < 1.29 is 4.74 Å². The summed E-state index contributed by atoms with van der Waals surface area (Å²) in [4.78, 5) is 11.9. The number of pyridine rings is 1. The van der Waals surface area contributed by atoms with Gasteiger partial charge in [0.2, 0.25) is 0 Å². The Morgan fingerprint density at radius 1 is 1.17 bits per heavy atom. The molecule has 2 N–H and O–H groups in total. The lowest BCUT2D eigenvalue weighted by Gasteiger charge is -2.74. The highest BCUT2D eigenvalue weighted by molar-refractivity contribution is 5.62. The number of aryl methyl sites for hydroxylation is 1. The topological polar surface area (TPSA) is 93.0 Å². The van der Waals surface area contributed by atoms with Crippen molar-refractivity contribution in [3.63, 3.8) is 0 Å². The predicted molar refractivity (Wildman–Crippen MR) is 108 cm³/mol. The SMILES string of the molecule is Cc1cc(-c2cn(C34CC(N5CCOCC5)(C3)C4)c(C3(C#N)CC3)n2)cnc1N. The molecule has 1 saturated heterocycles. The summed E-state index contributed by atoms with van der Waals surface area (Å²) in [6.45, 7) is 5.73. The highest BCUT2D eigenvalue weighted by atomic mass is 16.5. The second-order valence-corrected chi connectivity index (χ2v) is 9.52. The molecule has 7 rings (SSSR count). The minimum atomic E-state index is -0.407. The van der Waals surface area contributed by atoms with Crippen LogP contribution in [0.4, 0.5) is 5.82 Å². The summed E-state index contributed by atoms with van der Waals surface area (Å²) in [5, 5.41) is 9.86. The Labute approximate surface area is 170 Å². The van der Waals surface area contributed by atoms with Crippen molar-refractivity contribution in [1.82, 2.24) is 19.4 Å². The maximum Gasteiger partial charge on any atom is 0.130 e. The fourth-order valence-electron chi connectivity index (χ4n) is 5.77. The van der Waals surface area contributed by atoms with Crippen molar-refractivity contribution in [2.24, 2.45) is 0 Å². The number of nitrogen functional groups attached to an aromatic ring is 1. The first-order valence-corrected chi connectivity index (χ1v) is 10.6. The van der Waals surface area contributed by atoms with Crippen molar-refractivity contribution in [3.05, 3.63) is 29.8 Å². The highest BCUT2D eigenvalue weighted by Crippen LogP contribution is 2.69. The molecule has 0 unspecified atom stereocenters. The highest BCUT2D eigenvalue weighted by Gasteiger charge is 2.72. The van der Waals surface area contributed by atoms with Crippen LogP contribution < -0.4 is 5.73 Å². The van der Waals surface area contributed by atoms with Crippen LogP contribution >= 0.6 is 0 Å². The lowest BCUT2D eigenvalue weighted by Crippen LogP contribution is -2.79. The molecule has 1 aliphatic heterocycles. The van der Waals surface area contributed by atoms with Gasteiger partial charge in [-0.05, 0) is 50.7 Å². The second kappa shape index (κ2) is 5.59. The van der Waals surface area contributed by atoms with Crippen molar-refractivity contribution in [1.29, 1.82) is 5.26 Å². The van der Waals surface area contributed by atoms with E-state index in [1.165, 1.54) is 0 Å². The van der Waals surface area contributed by atoms with Gasteiger partial charge in [-0.2, -0.15) is 5.26 Å². The van der Waals surface area contributed by atoms with Crippen molar-refractivity contribution in [3.8, 4) is 17.3 Å². The maximum absolute atomic E-state index is 9.86. The smallest absolute Gasteiger partial charge is 0.130 e. The van der Waals surface area contributed by atoms with E-state index in [1.807, 2.05) is 13.0 Å². The Morgan fingerprint density at radius 3 is 2.52 bits per heavy atom. The number of nitriles is 1. The Kier molecular flexibility index (Phi) is 3.36. The van der Waals surface area contributed by atoms with Crippen LogP contribution in [0, 0.1) is 18.3 Å². The van der Waals surface area contributed by atoms with E-state index < -0.39 is 5.41 Å². The molecule has 0 aromatic carbocycles. The van der Waals surface area contributed by atoms with E-state index in [4.69, 9.17) is 15.5 Å². The summed E-state index contributed by atoms with van der Waals surface area (Å²) in [6.07, 6.45) is 9.24. The van der Waals surface area contributed by atoms with Gasteiger partial charge in [0.25, 0.3) is 0 Å². The van der Waals surface area contributed by atoms with E-state index in [1.54, 1.807) is 6.20 Å². The first kappa shape index (κ1) is 17.4. The molecule has 0 spiro atoms. The standard InChI is InChI=1S/C22H26N6O/c1-15-8-16(9-25-18(15)24)17-10-28(19(26-17)20(14-23)2-3-20)22-11-21(12-22,13-22)27-4-6-29-7-5-27/h8-10H,2-7,11-13H2,1H3,(H2,24,25). The Balaban J connectivity index is 1.36. The molecule has 5 aliphatic rings. The normalized spacial score (nSPS) is 32.1. The monoisotopic (exact) mass is 390 g/mol. The van der Waals surface area contributed by atoms with Gasteiger partial charge in [-0.25, -0.2) is 9.97 Å². The Hall–Kier alpha value is -2.43. The largest absolute Gasteiger partial charge is 0.383 e. The van der Waals surface area contributed by atoms with E-state index in [2.05, 4.69) is 26.7 Å². The lowest BCUT2D eigenvalue weighted by molar-refractivity contribution is -0.221. The summed E-state index contributed by atoms with van der Waals surface area (Å²) in [5.41, 5.74) is 8.79. The number of hydrogen-bond acceptors (Lipinski definition) is 6. The minimum Gasteiger partial charge on any atom is -0.383 e. The van der Waals surface area contributed by atoms with Gasteiger partial charge in [-0.1, -0.05) is 0 Å². The van der Waals surface area contributed by atoms with E-state index in [9.17, 15) is 5.26 Å². The van der Waals surface area contributed by atoms with Gasteiger partial charge in [0.15, 0.2) is 0 Å². The molecule has 3 heterocycles. The summed E-state index contributed by atoms with van der Waals surface area (Å²) in [7, 11) is 0. The molecule has 29 heavy (non-hydrogen) atoms. The molecule has 2 aromatic heterocycles. The molecule has 7 nitrogen and oxygen atoms in total. The summed E-state index contributed by atoms with van der Waals surface area (Å²) < 4.78 is 7.91. The molecule has 0 amide bonds. The third kappa shape index (κ3) is 2.30. The number of nitrogens with two attached hydrogens (primary N) is 1. The molecule has 0 atom stereocenters. The van der Waals surface area contributed by atoms with Crippen LogP contribution in [-0.4, -0.2) is 51.3 Å². The third-order valence-electron chi connectivity index (χ3n) is 7.68. The van der Waals surface area contributed by atoms with Crippen molar-refractivity contribution >= 4 is 5.82 Å². The van der Waals surface area contributed by atoms with Gasteiger partial charge in [0, 0.05) is 36.6 Å². The molecule has 4 saturated carbocycles. The van der Waals surface area contributed by atoms with Crippen LogP contribution in [0.25, 0.3) is 11.3 Å². The average molecular weight is 390 g/mol. The van der Waals surface area contributed by atoms with Gasteiger partial charge in [0.05, 0.1) is 30.5 Å². The zero-order valence-electron chi connectivity index (χ0n) is 16.8. The number of rotatable bonds is 4. The summed E-state index contributed by atoms with van der Waals surface area (Å²) in [5.74, 6) is 1.51. The third-order valence-corrected chi connectivity index (χ3v) is 7.68. The fraction of sp³-hybridized carbons (Fsp3) is 0.591. The van der Waals surface area contributed by atoms with Gasteiger partial charge < -0.3 is 15.0 Å². The molecule has 150 valence electrons. The molecule has 0 radical (unpaired) electrons. The van der Waals surface area contributed by atoms with Gasteiger partial charge >= 0.3 is 0 Å². The van der Waals surface area contributed by atoms with E-state index in [-0.39, 0.29) is 5.54 Å². The zero-order valence-corrected chi connectivity index (χ0v) is 16.8.